The number of nitrogens with one attached hydrogen (secondary N) is 1. The van der Waals surface area contributed by atoms with Gasteiger partial charge in [-0.2, -0.15) is 0 Å². The van der Waals surface area contributed by atoms with E-state index < -0.39 is 5.97 Å². The van der Waals surface area contributed by atoms with Crippen LogP contribution in [0.3, 0.4) is 0 Å². The number of carbonyl (C=O) groups is 2. The molecule has 0 aliphatic heterocycles. The molecule has 132 valence electrons. The fourth-order valence-corrected chi connectivity index (χ4v) is 2.02. The standard InChI is InChI=1S/C19H21NO5/c1-3-11-24-19(22)14-5-4-6-15(12-14)20-18(21)13-25-17-9-7-16(23-2)8-10-17/h4-10,12H,3,11,13H2,1-2H3,(H,20,21). The molecule has 0 aliphatic carbocycles. The fourth-order valence-electron chi connectivity index (χ4n) is 2.02. The third kappa shape index (κ3) is 5.84. The predicted octanol–water partition coefficient (Wildman–Crippen LogP) is 3.28. The summed E-state index contributed by atoms with van der Waals surface area (Å²) in [5.74, 6) is 0.541. The van der Waals surface area contributed by atoms with Crippen LogP contribution in [0.4, 0.5) is 5.69 Å². The second kappa shape index (κ2) is 9.32. The van der Waals surface area contributed by atoms with Crippen LogP contribution >= 0.6 is 0 Å². The lowest BCUT2D eigenvalue weighted by atomic mass is 10.2. The molecule has 0 saturated heterocycles. The highest BCUT2D eigenvalue weighted by Gasteiger charge is 2.09. The third-order valence-electron chi connectivity index (χ3n) is 3.25. The van der Waals surface area contributed by atoms with Gasteiger partial charge in [-0.1, -0.05) is 13.0 Å². The highest BCUT2D eigenvalue weighted by atomic mass is 16.5. The van der Waals surface area contributed by atoms with Crippen LogP contribution in [-0.4, -0.2) is 32.2 Å². The summed E-state index contributed by atoms with van der Waals surface area (Å²) in [6.45, 7) is 2.15. The van der Waals surface area contributed by atoms with Crippen molar-refractivity contribution in [2.75, 3.05) is 25.6 Å². The zero-order chi connectivity index (χ0) is 18.1. The number of benzene rings is 2. The summed E-state index contributed by atoms with van der Waals surface area (Å²) in [7, 11) is 1.58. The molecule has 25 heavy (non-hydrogen) atoms. The Morgan fingerprint density at radius 3 is 2.44 bits per heavy atom. The fraction of sp³-hybridized carbons (Fsp3) is 0.263. The van der Waals surface area contributed by atoms with E-state index in [0.29, 0.717) is 29.4 Å². The number of methoxy groups -OCH3 is 1. The Balaban J connectivity index is 1.88. The van der Waals surface area contributed by atoms with Crippen LogP contribution in [0.2, 0.25) is 0 Å². The van der Waals surface area contributed by atoms with Crippen molar-refractivity contribution in [1.82, 2.24) is 0 Å². The lowest BCUT2D eigenvalue weighted by Gasteiger charge is -2.09. The second-order valence-electron chi connectivity index (χ2n) is 5.23. The van der Waals surface area contributed by atoms with Gasteiger partial charge in [-0.15, -0.1) is 0 Å². The van der Waals surface area contributed by atoms with E-state index in [4.69, 9.17) is 14.2 Å². The van der Waals surface area contributed by atoms with Crippen LogP contribution in [0.5, 0.6) is 11.5 Å². The van der Waals surface area contributed by atoms with Crippen molar-refractivity contribution < 1.29 is 23.8 Å². The summed E-state index contributed by atoms with van der Waals surface area (Å²) < 4.78 is 15.5. The summed E-state index contributed by atoms with van der Waals surface area (Å²) in [5, 5.41) is 2.69. The smallest absolute Gasteiger partial charge is 0.338 e. The quantitative estimate of drug-likeness (QED) is 0.745. The summed E-state index contributed by atoms with van der Waals surface area (Å²) in [5.41, 5.74) is 0.900. The minimum Gasteiger partial charge on any atom is -0.497 e. The van der Waals surface area contributed by atoms with Crippen molar-refractivity contribution in [2.24, 2.45) is 0 Å². The van der Waals surface area contributed by atoms with Gasteiger partial charge in [-0.25, -0.2) is 4.79 Å². The minimum absolute atomic E-state index is 0.142. The Morgan fingerprint density at radius 1 is 1.04 bits per heavy atom. The molecule has 0 aromatic heterocycles. The number of esters is 1. The summed E-state index contributed by atoms with van der Waals surface area (Å²) in [6.07, 6.45) is 0.755. The normalized spacial score (nSPS) is 10.0. The lowest BCUT2D eigenvalue weighted by Crippen LogP contribution is -2.20. The molecule has 0 radical (unpaired) electrons. The molecule has 0 aliphatic rings. The Morgan fingerprint density at radius 2 is 1.76 bits per heavy atom. The molecule has 2 aromatic rings. The molecule has 1 N–H and O–H groups in total. The van der Waals surface area contributed by atoms with Crippen LogP contribution in [0.1, 0.15) is 23.7 Å². The molecule has 0 spiro atoms. The SMILES string of the molecule is CCCOC(=O)c1cccc(NC(=O)COc2ccc(OC)cc2)c1. The molecule has 2 aromatic carbocycles. The average molecular weight is 343 g/mol. The maximum absolute atomic E-state index is 12.0. The number of rotatable bonds is 8. The van der Waals surface area contributed by atoms with E-state index in [1.165, 1.54) is 0 Å². The van der Waals surface area contributed by atoms with Gasteiger partial charge in [0.05, 0.1) is 19.3 Å². The molecule has 6 nitrogen and oxygen atoms in total. The van der Waals surface area contributed by atoms with Crippen molar-refractivity contribution in [3.8, 4) is 11.5 Å². The first-order valence-corrected chi connectivity index (χ1v) is 7.96. The molecule has 0 fully saturated rings. The monoisotopic (exact) mass is 343 g/mol. The molecule has 0 saturated carbocycles. The van der Waals surface area contributed by atoms with E-state index in [1.54, 1.807) is 55.6 Å². The van der Waals surface area contributed by atoms with Gasteiger partial charge < -0.3 is 19.5 Å². The zero-order valence-corrected chi connectivity index (χ0v) is 14.3. The molecule has 6 heteroatoms. The van der Waals surface area contributed by atoms with Crippen LogP contribution in [-0.2, 0) is 9.53 Å². The highest BCUT2D eigenvalue weighted by molar-refractivity contribution is 5.95. The molecule has 2 rings (SSSR count). The van der Waals surface area contributed by atoms with E-state index in [2.05, 4.69) is 5.32 Å². The van der Waals surface area contributed by atoms with Gasteiger partial charge >= 0.3 is 5.97 Å². The maximum atomic E-state index is 12.0. The highest BCUT2D eigenvalue weighted by Crippen LogP contribution is 2.17. The Labute approximate surface area is 146 Å². The van der Waals surface area contributed by atoms with Crippen LogP contribution in [0, 0.1) is 0 Å². The topological polar surface area (TPSA) is 73.9 Å². The molecular weight excluding hydrogens is 322 g/mol. The lowest BCUT2D eigenvalue weighted by molar-refractivity contribution is -0.118. The third-order valence-corrected chi connectivity index (χ3v) is 3.25. The Bertz CT molecular complexity index is 712. The van der Waals surface area contributed by atoms with Gasteiger partial charge in [0.1, 0.15) is 11.5 Å². The molecular formula is C19H21NO5. The van der Waals surface area contributed by atoms with E-state index in [-0.39, 0.29) is 12.5 Å². The van der Waals surface area contributed by atoms with Crippen molar-refractivity contribution in [1.29, 1.82) is 0 Å². The average Bonchev–Trinajstić information content (AvgIpc) is 2.65. The summed E-state index contributed by atoms with van der Waals surface area (Å²) >= 11 is 0. The van der Waals surface area contributed by atoms with Gasteiger partial charge in [-0.05, 0) is 48.9 Å². The number of hydrogen-bond acceptors (Lipinski definition) is 5. The Kier molecular flexibility index (Phi) is 6.83. The summed E-state index contributed by atoms with van der Waals surface area (Å²) in [4.78, 5) is 23.8. The first-order chi connectivity index (χ1) is 12.1. The summed E-state index contributed by atoms with van der Waals surface area (Å²) in [6, 6.07) is 13.5. The van der Waals surface area contributed by atoms with Crippen molar-refractivity contribution in [3.63, 3.8) is 0 Å². The van der Waals surface area contributed by atoms with Crippen LogP contribution in [0.15, 0.2) is 48.5 Å². The van der Waals surface area contributed by atoms with Crippen LogP contribution < -0.4 is 14.8 Å². The van der Waals surface area contributed by atoms with E-state index >= 15 is 0 Å². The van der Waals surface area contributed by atoms with Gasteiger partial charge in [0.15, 0.2) is 6.61 Å². The number of carbonyl (C=O) groups excluding carboxylic acids is 2. The van der Waals surface area contributed by atoms with Crippen LogP contribution in [0.25, 0.3) is 0 Å². The minimum atomic E-state index is -0.410. The molecule has 0 atom stereocenters. The molecule has 0 heterocycles. The van der Waals surface area contributed by atoms with Crippen molar-refractivity contribution in [2.45, 2.75) is 13.3 Å². The molecule has 0 bridgehead atoms. The molecule has 0 unspecified atom stereocenters. The number of anilines is 1. The molecule has 1 amide bonds. The van der Waals surface area contributed by atoms with Gasteiger partial charge in [0.25, 0.3) is 5.91 Å². The largest absolute Gasteiger partial charge is 0.497 e. The van der Waals surface area contributed by atoms with E-state index in [0.717, 1.165) is 6.42 Å². The number of ether oxygens (including phenoxy) is 3. The maximum Gasteiger partial charge on any atom is 0.338 e. The first-order valence-electron chi connectivity index (χ1n) is 7.96. The van der Waals surface area contributed by atoms with E-state index in [1.807, 2.05) is 6.92 Å². The zero-order valence-electron chi connectivity index (χ0n) is 14.3. The first kappa shape index (κ1) is 18.3. The van der Waals surface area contributed by atoms with Crippen molar-refractivity contribution >= 4 is 17.6 Å². The van der Waals surface area contributed by atoms with Crippen molar-refractivity contribution in [3.05, 3.63) is 54.1 Å². The Hall–Kier alpha value is -3.02. The van der Waals surface area contributed by atoms with Gasteiger partial charge in [0, 0.05) is 5.69 Å². The van der Waals surface area contributed by atoms with Gasteiger partial charge in [0.2, 0.25) is 0 Å². The predicted molar refractivity (Wildman–Crippen MR) is 94.1 cm³/mol. The van der Waals surface area contributed by atoms with Gasteiger partial charge in [-0.3, -0.25) is 4.79 Å². The number of amides is 1. The second-order valence-corrected chi connectivity index (χ2v) is 5.23. The van der Waals surface area contributed by atoms with E-state index in [9.17, 15) is 9.59 Å². The number of hydrogen-bond donors (Lipinski definition) is 1.